The van der Waals surface area contributed by atoms with Crippen molar-refractivity contribution >= 4 is 29.6 Å². The second-order valence-electron chi connectivity index (χ2n) is 6.08. The van der Waals surface area contributed by atoms with Crippen molar-refractivity contribution in [2.75, 3.05) is 10.8 Å². The van der Waals surface area contributed by atoms with Gasteiger partial charge in [0, 0.05) is 11.7 Å². The number of anilines is 1. The van der Waals surface area contributed by atoms with Crippen LogP contribution < -0.4 is 10.2 Å². The molecule has 1 N–H and O–H groups in total. The minimum Gasteiger partial charge on any atom is -0.425 e. The molecule has 2 heterocycles. The lowest BCUT2D eigenvalue weighted by atomic mass is 10.1. The van der Waals surface area contributed by atoms with Crippen molar-refractivity contribution in [1.82, 2.24) is 10.3 Å². The summed E-state index contributed by atoms with van der Waals surface area (Å²) in [6.07, 6.45) is -4.57. The molecule has 0 aromatic carbocycles. The van der Waals surface area contributed by atoms with E-state index >= 15 is 0 Å². The number of thioether (sulfide) groups is 1. The Bertz CT molecular complexity index is 629. The maximum absolute atomic E-state index is 12.5. The zero-order chi connectivity index (χ0) is 18.1. The number of amides is 2. The van der Waals surface area contributed by atoms with Gasteiger partial charge in [-0.15, -0.1) is 0 Å². The Kier molecular flexibility index (Phi) is 4.97. The molecule has 1 aliphatic rings. The van der Waals surface area contributed by atoms with Crippen LogP contribution in [0, 0.1) is 0 Å². The summed E-state index contributed by atoms with van der Waals surface area (Å²) in [6, 6.07) is 1.96. The number of carbonyl (C=O) groups excluding carboxylic acids is 2. The first-order valence-corrected chi connectivity index (χ1v) is 7.97. The molecule has 2 amide bonds. The molecule has 0 saturated carbocycles. The van der Waals surface area contributed by atoms with E-state index in [1.54, 1.807) is 20.8 Å². The quantitative estimate of drug-likeness (QED) is 0.875. The van der Waals surface area contributed by atoms with Gasteiger partial charge in [0.25, 0.3) is 5.91 Å². The highest BCUT2D eigenvalue weighted by molar-refractivity contribution is 8.01. The predicted octanol–water partition coefficient (Wildman–Crippen LogP) is 2.99. The number of hydrogen-bond acceptors (Lipinski definition) is 5. The van der Waals surface area contributed by atoms with Crippen LogP contribution in [0.3, 0.4) is 0 Å². The van der Waals surface area contributed by atoms with Crippen LogP contribution in [0.2, 0.25) is 0 Å². The Morgan fingerprint density at radius 3 is 2.54 bits per heavy atom. The summed E-state index contributed by atoms with van der Waals surface area (Å²) in [5, 5.41) is 2.56. The molecule has 1 fully saturated rings. The van der Waals surface area contributed by atoms with E-state index in [-0.39, 0.29) is 11.7 Å². The fraction of sp³-hybridized carbons (Fsp3) is 0.500. The molecule has 1 aromatic heterocycles. The van der Waals surface area contributed by atoms with Crippen LogP contribution in [0.5, 0.6) is 0 Å². The van der Waals surface area contributed by atoms with Crippen LogP contribution in [-0.4, -0.2) is 33.8 Å². The largest absolute Gasteiger partial charge is 0.425 e. The van der Waals surface area contributed by atoms with E-state index in [9.17, 15) is 22.8 Å². The van der Waals surface area contributed by atoms with Crippen molar-refractivity contribution in [2.24, 2.45) is 0 Å². The fourth-order valence-electron chi connectivity index (χ4n) is 1.81. The second kappa shape index (κ2) is 6.50. The molecule has 1 unspecified atom stereocenters. The second-order valence-corrected chi connectivity index (χ2v) is 7.10. The van der Waals surface area contributed by atoms with Gasteiger partial charge in [0.05, 0.1) is 11.4 Å². The maximum Gasteiger partial charge on any atom is 0.417 e. The monoisotopic (exact) mass is 363 g/mol. The number of alkyl halides is 3. The topological polar surface area (TPSA) is 71.5 Å². The standard InChI is InChI=1S/C14H16F3N3O3S/c1-13(2,3)19-12(22)23-11-10(21)20(7-24-11)9-5-4-8(6-18-9)14(15,16)17/h4-6,11H,7H2,1-3H3,(H,19,22). The molecule has 0 bridgehead atoms. The number of ether oxygens (including phenoxy) is 1. The number of rotatable bonds is 2. The summed E-state index contributed by atoms with van der Waals surface area (Å²) in [7, 11) is 0. The first kappa shape index (κ1) is 18.4. The summed E-state index contributed by atoms with van der Waals surface area (Å²) in [5.74, 6) is -0.343. The Hall–Kier alpha value is -1.97. The number of aromatic nitrogens is 1. The number of nitrogens with zero attached hydrogens (tertiary/aromatic N) is 2. The van der Waals surface area contributed by atoms with Crippen LogP contribution in [0.4, 0.5) is 23.8 Å². The van der Waals surface area contributed by atoms with Crippen LogP contribution in [-0.2, 0) is 15.7 Å². The van der Waals surface area contributed by atoms with E-state index in [2.05, 4.69) is 10.3 Å². The van der Waals surface area contributed by atoms with Crippen LogP contribution in [0.1, 0.15) is 26.3 Å². The lowest BCUT2D eigenvalue weighted by Crippen LogP contribution is -2.43. The molecule has 1 aromatic rings. The van der Waals surface area contributed by atoms with Gasteiger partial charge in [-0.05, 0) is 32.9 Å². The number of halogens is 3. The van der Waals surface area contributed by atoms with Crippen LogP contribution in [0.15, 0.2) is 18.3 Å². The van der Waals surface area contributed by atoms with Crippen LogP contribution in [0.25, 0.3) is 0 Å². The predicted molar refractivity (Wildman–Crippen MR) is 82.3 cm³/mol. The van der Waals surface area contributed by atoms with Gasteiger partial charge in [-0.1, -0.05) is 11.8 Å². The average Bonchev–Trinajstić information content (AvgIpc) is 2.77. The van der Waals surface area contributed by atoms with E-state index in [0.717, 1.165) is 23.9 Å². The highest BCUT2D eigenvalue weighted by Crippen LogP contribution is 2.32. The summed E-state index contributed by atoms with van der Waals surface area (Å²) in [6.45, 7) is 5.28. The minimum absolute atomic E-state index is 0.0721. The molecule has 0 radical (unpaired) electrons. The molecule has 1 atom stereocenters. The summed E-state index contributed by atoms with van der Waals surface area (Å²) in [5.41, 5.74) is -2.47. The lowest BCUT2D eigenvalue weighted by Gasteiger charge is -2.21. The van der Waals surface area contributed by atoms with Gasteiger partial charge < -0.3 is 10.1 Å². The number of alkyl carbamates (subject to hydrolysis) is 1. The Morgan fingerprint density at radius 2 is 2.04 bits per heavy atom. The normalized spacial score (nSPS) is 18.7. The third kappa shape index (κ3) is 4.53. The first-order valence-electron chi connectivity index (χ1n) is 6.92. The highest BCUT2D eigenvalue weighted by atomic mass is 32.2. The van der Waals surface area contributed by atoms with Gasteiger partial charge in [-0.3, -0.25) is 9.69 Å². The Balaban J connectivity index is 2.02. The fourth-order valence-corrected chi connectivity index (χ4v) is 2.78. The van der Waals surface area contributed by atoms with Crippen molar-refractivity contribution in [3.8, 4) is 0 Å². The van der Waals surface area contributed by atoms with Crippen molar-refractivity contribution in [1.29, 1.82) is 0 Å². The number of pyridine rings is 1. The maximum atomic E-state index is 12.5. The molecule has 0 spiro atoms. The molecule has 1 saturated heterocycles. The molecule has 6 nitrogen and oxygen atoms in total. The highest BCUT2D eigenvalue weighted by Gasteiger charge is 2.38. The molecular weight excluding hydrogens is 347 g/mol. The first-order chi connectivity index (χ1) is 11.0. The third-order valence-electron chi connectivity index (χ3n) is 2.87. The van der Waals surface area contributed by atoms with Gasteiger partial charge >= 0.3 is 12.3 Å². The van der Waals surface area contributed by atoms with Gasteiger partial charge in [0.1, 0.15) is 5.82 Å². The molecule has 0 aliphatic carbocycles. The van der Waals surface area contributed by atoms with Crippen molar-refractivity contribution in [3.63, 3.8) is 0 Å². The SMILES string of the molecule is CC(C)(C)NC(=O)OC1SCN(c2ccc(C(F)(F)F)cn2)C1=O. The van der Waals surface area contributed by atoms with Gasteiger partial charge in [0.2, 0.25) is 5.44 Å². The molecule has 132 valence electrons. The van der Waals surface area contributed by atoms with E-state index in [1.807, 2.05) is 0 Å². The summed E-state index contributed by atoms with van der Waals surface area (Å²) in [4.78, 5) is 28.8. The van der Waals surface area contributed by atoms with E-state index < -0.39 is 34.7 Å². The zero-order valence-electron chi connectivity index (χ0n) is 13.2. The Morgan fingerprint density at radius 1 is 1.38 bits per heavy atom. The zero-order valence-corrected chi connectivity index (χ0v) is 14.0. The lowest BCUT2D eigenvalue weighted by molar-refractivity contribution is -0.137. The number of nitrogens with one attached hydrogen (secondary N) is 1. The van der Waals surface area contributed by atoms with Gasteiger partial charge in [0.15, 0.2) is 0 Å². The Labute approximate surface area is 140 Å². The summed E-state index contributed by atoms with van der Waals surface area (Å²) >= 11 is 1.05. The third-order valence-corrected chi connectivity index (χ3v) is 3.87. The van der Waals surface area contributed by atoms with E-state index in [0.29, 0.717) is 6.20 Å². The molecule has 2 rings (SSSR count). The number of carbonyl (C=O) groups is 2. The molecule has 10 heteroatoms. The van der Waals surface area contributed by atoms with E-state index in [4.69, 9.17) is 4.74 Å². The van der Waals surface area contributed by atoms with E-state index in [1.165, 1.54) is 4.90 Å². The summed E-state index contributed by atoms with van der Waals surface area (Å²) < 4.78 is 42.6. The smallest absolute Gasteiger partial charge is 0.417 e. The van der Waals surface area contributed by atoms with Crippen LogP contribution >= 0.6 is 11.8 Å². The molecular formula is C14H16F3N3O3S. The molecule has 24 heavy (non-hydrogen) atoms. The minimum atomic E-state index is -4.49. The van der Waals surface area contributed by atoms with Crippen molar-refractivity contribution < 1.29 is 27.5 Å². The van der Waals surface area contributed by atoms with Gasteiger partial charge in [-0.25, -0.2) is 9.78 Å². The van der Waals surface area contributed by atoms with Gasteiger partial charge in [-0.2, -0.15) is 13.2 Å². The van der Waals surface area contributed by atoms with Crippen molar-refractivity contribution in [3.05, 3.63) is 23.9 Å². The average molecular weight is 363 g/mol. The molecule has 1 aliphatic heterocycles. The van der Waals surface area contributed by atoms with Crippen molar-refractivity contribution in [2.45, 2.75) is 37.9 Å². The number of hydrogen-bond donors (Lipinski definition) is 1.